The van der Waals surface area contributed by atoms with Gasteiger partial charge in [-0.1, -0.05) is 60.7 Å². The molecule has 0 aliphatic carbocycles. The van der Waals surface area contributed by atoms with E-state index in [1.165, 1.54) is 5.56 Å². The lowest BCUT2D eigenvalue weighted by Crippen LogP contribution is -2.58. The van der Waals surface area contributed by atoms with Crippen molar-refractivity contribution in [3.05, 3.63) is 71.8 Å². The average Bonchev–Trinajstić information content (AvgIpc) is 2.78. The summed E-state index contributed by atoms with van der Waals surface area (Å²) in [6.07, 6.45) is 1.81. The summed E-state index contributed by atoms with van der Waals surface area (Å²) in [5.41, 5.74) is 7.19. The molecule has 0 bridgehead atoms. The minimum atomic E-state index is -1.07. The molecule has 6 heteroatoms. The lowest BCUT2D eigenvalue weighted by Gasteiger charge is -2.35. The van der Waals surface area contributed by atoms with E-state index >= 15 is 0 Å². The first-order valence-electron chi connectivity index (χ1n) is 10.9. The van der Waals surface area contributed by atoms with Crippen molar-refractivity contribution >= 4 is 11.8 Å². The Morgan fingerprint density at radius 3 is 2.23 bits per heavy atom. The standard InChI is InChI=1S/C25H33N3O3/c1-25(2,26)24(30)27-22(18-31-17-19-9-5-3-6-10-19)23(29)28-15-13-21(14-16-28)20-11-7-4-8-12-20/h3-12,21-22H,13-18,26H2,1-2H3,(H,27,30)/t22-/m1/s1. The summed E-state index contributed by atoms with van der Waals surface area (Å²) >= 11 is 0. The second-order valence-electron chi connectivity index (χ2n) is 8.76. The fourth-order valence-corrected chi connectivity index (χ4v) is 3.77. The van der Waals surface area contributed by atoms with E-state index in [1.807, 2.05) is 41.3 Å². The molecule has 0 aromatic heterocycles. The minimum Gasteiger partial charge on any atom is -0.374 e. The van der Waals surface area contributed by atoms with Gasteiger partial charge in [0, 0.05) is 13.1 Å². The van der Waals surface area contributed by atoms with E-state index in [0.29, 0.717) is 25.6 Å². The summed E-state index contributed by atoms with van der Waals surface area (Å²) in [4.78, 5) is 27.5. The number of nitrogens with one attached hydrogen (secondary N) is 1. The first kappa shape index (κ1) is 23.0. The van der Waals surface area contributed by atoms with Crippen LogP contribution in [0, 0.1) is 0 Å². The molecule has 1 aliphatic rings. The summed E-state index contributed by atoms with van der Waals surface area (Å²) in [7, 11) is 0. The van der Waals surface area contributed by atoms with E-state index in [-0.39, 0.29) is 18.4 Å². The van der Waals surface area contributed by atoms with E-state index < -0.39 is 11.6 Å². The van der Waals surface area contributed by atoms with Crippen molar-refractivity contribution in [3.63, 3.8) is 0 Å². The number of hydrogen-bond acceptors (Lipinski definition) is 4. The monoisotopic (exact) mass is 423 g/mol. The van der Waals surface area contributed by atoms with Crippen molar-refractivity contribution in [2.24, 2.45) is 5.73 Å². The van der Waals surface area contributed by atoms with E-state index in [1.54, 1.807) is 13.8 Å². The lowest BCUT2D eigenvalue weighted by molar-refractivity contribution is -0.140. The molecule has 2 aromatic rings. The molecule has 3 N–H and O–H groups in total. The first-order chi connectivity index (χ1) is 14.8. The van der Waals surface area contributed by atoms with Gasteiger partial charge in [0.05, 0.1) is 18.8 Å². The van der Waals surface area contributed by atoms with Crippen LogP contribution in [0.1, 0.15) is 43.7 Å². The van der Waals surface area contributed by atoms with Gasteiger partial charge in [-0.15, -0.1) is 0 Å². The van der Waals surface area contributed by atoms with Gasteiger partial charge in [0.2, 0.25) is 11.8 Å². The molecule has 31 heavy (non-hydrogen) atoms. The van der Waals surface area contributed by atoms with Gasteiger partial charge >= 0.3 is 0 Å². The van der Waals surface area contributed by atoms with Crippen LogP contribution in [0.15, 0.2) is 60.7 Å². The van der Waals surface area contributed by atoms with Crippen molar-refractivity contribution in [1.82, 2.24) is 10.2 Å². The maximum Gasteiger partial charge on any atom is 0.247 e. The van der Waals surface area contributed by atoms with Crippen molar-refractivity contribution < 1.29 is 14.3 Å². The highest BCUT2D eigenvalue weighted by atomic mass is 16.5. The third-order valence-electron chi connectivity index (χ3n) is 5.66. The van der Waals surface area contributed by atoms with Crippen LogP contribution in [0.2, 0.25) is 0 Å². The van der Waals surface area contributed by atoms with Crippen LogP contribution in [-0.2, 0) is 20.9 Å². The van der Waals surface area contributed by atoms with Crippen LogP contribution in [0.5, 0.6) is 0 Å². The SMILES string of the molecule is CC(C)(N)C(=O)N[C@H](COCc1ccccc1)C(=O)N1CCC(c2ccccc2)CC1. The van der Waals surface area contributed by atoms with Crippen LogP contribution in [0.3, 0.4) is 0 Å². The third-order valence-corrected chi connectivity index (χ3v) is 5.66. The van der Waals surface area contributed by atoms with Gasteiger partial charge < -0.3 is 20.7 Å². The predicted molar refractivity (Wildman–Crippen MR) is 121 cm³/mol. The van der Waals surface area contributed by atoms with Crippen LogP contribution in [-0.4, -0.2) is 48.0 Å². The zero-order valence-electron chi connectivity index (χ0n) is 18.4. The Hall–Kier alpha value is -2.70. The highest BCUT2D eigenvalue weighted by Gasteiger charge is 2.32. The predicted octanol–water partition coefficient (Wildman–Crippen LogP) is 2.83. The number of carbonyl (C=O) groups is 2. The van der Waals surface area contributed by atoms with Crippen molar-refractivity contribution in [2.45, 2.75) is 50.8 Å². The molecular weight excluding hydrogens is 390 g/mol. The molecule has 1 saturated heterocycles. The molecule has 2 aromatic carbocycles. The van der Waals surface area contributed by atoms with E-state index in [2.05, 4.69) is 29.6 Å². The summed E-state index contributed by atoms with van der Waals surface area (Å²) in [6.45, 7) is 5.06. The molecule has 1 atom stereocenters. The number of piperidine rings is 1. The van der Waals surface area contributed by atoms with Gasteiger partial charge in [-0.25, -0.2) is 0 Å². The zero-order valence-corrected chi connectivity index (χ0v) is 18.4. The Kier molecular flexibility index (Phi) is 7.82. The molecule has 166 valence electrons. The quantitative estimate of drug-likeness (QED) is 0.684. The molecule has 0 radical (unpaired) electrons. The molecule has 0 saturated carbocycles. The van der Waals surface area contributed by atoms with Gasteiger partial charge in [-0.3, -0.25) is 9.59 Å². The van der Waals surface area contributed by atoms with Gasteiger partial charge in [0.15, 0.2) is 0 Å². The number of amides is 2. The molecule has 3 rings (SSSR count). The molecule has 0 unspecified atom stereocenters. The van der Waals surface area contributed by atoms with Gasteiger partial charge in [0.25, 0.3) is 0 Å². The summed E-state index contributed by atoms with van der Waals surface area (Å²) in [5, 5.41) is 2.80. The summed E-state index contributed by atoms with van der Waals surface area (Å²) in [5.74, 6) is -0.0268. The molecule has 6 nitrogen and oxygen atoms in total. The van der Waals surface area contributed by atoms with Gasteiger partial charge in [0.1, 0.15) is 6.04 Å². The number of nitrogens with zero attached hydrogens (tertiary/aromatic N) is 1. The number of rotatable bonds is 8. The Morgan fingerprint density at radius 2 is 1.65 bits per heavy atom. The third kappa shape index (κ3) is 6.64. The van der Waals surface area contributed by atoms with Crippen LogP contribution in [0.25, 0.3) is 0 Å². The number of hydrogen-bond donors (Lipinski definition) is 2. The molecule has 1 aliphatic heterocycles. The first-order valence-corrected chi connectivity index (χ1v) is 10.9. The van der Waals surface area contributed by atoms with Gasteiger partial charge in [-0.2, -0.15) is 0 Å². The van der Waals surface area contributed by atoms with Crippen LogP contribution < -0.4 is 11.1 Å². The van der Waals surface area contributed by atoms with Crippen LogP contribution in [0.4, 0.5) is 0 Å². The number of benzene rings is 2. The Balaban J connectivity index is 1.60. The average molecular weight is 424 g/mol. The number of ether oxygens (including phenoxy) is 1. The fourth-order valence-electron chi connectivity index (χ4n) is 3.77. The lowest BCUT2D eigenvalue weighted by atomic mass is 9.89. The minimum absolute atomic E-state index is 0.105. The molecule has 1 heterocycles. The molecule has 0 spiro atoms. The second-order valence-corrected chi connectivity index (χ2v) is 8.76. The van der Waals surface area contributed by atoms with Crippen molar-refractivity contribution in [1.29, 1.82) is 0 Å². The molecule has 2 amide bonds. The zero-order chi connectivity index (χ0) is 22.3. The van der Waals surface area contributed by atoms with E-state index in [4.69, 9.17) is 10.5 Å². The fraction of sp³-hybridized carbons (Fsp3) is 0.440. The summed E-state index contributed by atoms with van der Waals surface area (Å²) in [6, 6.07) is 19.4. The number of carbonyl (C=O) groups excluding carboxylic acids is 2. The van der Waals surface area contributed by atoms with E-state index in [0.717, 1.165) is 18.4 Å². The topological polar surface area (TPSA) is 84.7 Å². The van der Waals surface area contributed by atoms with Crippen LogP contribution >= 0.6 is 0 Å². The number of nitrogens with two attached hydrogens (primary N) is 1. The highest BCUT2D eigenvalue weighted by molar-refractivity contribution is 5.91. The van der Waals surface area contributed by atoms with Gasteiger partial charge in [-0.05, 0) is 43.7 Å². The molecule has 1 fully saturated rings. The maximum atomic E-state index is 13.2. The van der Waals surface area contributed by atoms with E-state index in [9.17, 15) is 9.59 Å². The Labute approximate surface area is 184 Å². The van der Waals surface area contributed by atoms with Crippen molar-refractivity contribution in [2.75, 3.05) is 19.7 Å². The maximum absolute atomic E-state index is 13.2. The number of likely N-dealkylation sites (tertiary alicyclic amines) is 1. The summed E-state index contributed by atoms with van der Waals surface area (Å²) < 4.78 is 5.79. The largest absolute Gasteiger partial charge is 0.374 e. The van der Waals surface area contributed by atoms with Crippen molar-refractivity contribution in [3.8, 4) is 0 Å². The Morgan fingerprint density at radius 1 is 1.06 bits per heavy atom. The smallest absolute Gasteiger partial charge is 0.247 e. The highest BCUT2D eigenvalue weighted by Crippen LogP contribution is 2.28. The Bertz CT molecular complexity index is 841. The second kappa shape index (κ2) is 10.6. The normalized spacial score (nSPS) is 16.0. The molecular formula is C25H33N3O3.